The van der Waals surface area contributed by atoms with Crippen LogP contribution in [-0.4, -0.2) is 9.97 Å². The molecule has 0 amide bonds. The van der Waals surface area contributed by atoms with Crippen molar-refractivity contribution in [1.82, 2.24) is 9.97 Å². The minimum absolute atomic E-state index is 0.354. The highest BCUT2D eigenvalue weighted by Crippen LogP contribution is 2.26. The van der Waals surface area contributed by atoms with E-state index in [0.29, 0.717) is 33.2 Å². The van der Waals surface area contributed by atoms with Crippen LogP contribution in [0.2, 0.25) is 15.1 Å². The first kappa shape index (κ1) is 19.7. The van der Waals surface area contributed by atoms with Gasteiger partial charge in [-0.3, -0.25) is 0 Å². The van der Waals surface area contributed by atoms with Gasteiger partial charge in [-0.15, -0.1) is 0 Å². The zero-order chi connectivity index (χ0) is 20.2. The summed E-state index contributed by atoms with van der Waals surface area (Å²) in [5, 5.41) is 1.83. The van der Waals surface area contributed by atoms with Gasteiger partial charge in [-0.2, -0.15) is 0 Å². The quantitative estimate of drug-likeness (QED) is 0.325. The van der Waals surface area contributed by atoms with Gasteiger partial charge >= 0.3 is 0 Å². The van der Waals surface area contributed by atoms with E-state index >= 15 is 0 Å². The zero-order valence-corrected chi connectivity index (χ0v) is 17.4. The first-order valence-electron chi connectivity index (χ1n) is 8.86. The fourth-order valence-electron chi connectivity index (χ4n) is 2.75. The van der Waals surface area contributed by atoms with Gasteiger partial charge in [0.15, 0.2) is 0 Å². The molecule has 4 aromatic rings. The van der Waals surface area contributed by atoms with E-state index in [1.54, 1.807) is 12.1 Å². The second-order valence-corrected chi connectivity index (χ2v) is 7.60. The van der Waals surface area contributed by atoms with Crippen LogP contribution >= 0.6 is 34.8 Å². The van der Waals surface area contributed by atoms with Crippen LogP contribution < -0.4 is 4.74 Å². The Bertz CT molecular complexity index is 1190. The number of para-hydroxylation sites is 2. The summed E-state index contributed by atoms with van der Waals surface area (Å²) in [6, 6.07) is 20.5. The molecule has 3 aromatic carbocycles. The summed E-state index contributed by atoms with van der Waals surface area (Å²) in [6.07, 6.45) is 3.71. The maximum Gasteiger partial charge on any atom is 0.240 e. The first-order valence-corrected chi connectivity index (χ1v) is 9.99. The predicted octanol–water partition coefficient (Wildman–Crippen LogP) is 7.34. The number of fused-ring (bicyclic) bond motifs is 1. The fraction of sp³-hybridized carbons (Fsp3) is 0.0435. The number of hydrogen-bond acceptors (Lipinski definition) is 3. The molecule has 4 rings (SSSR count). The van der Waals surface area contributed by atoms with Crippen LogP contribution in [0.4, 0.5) is 0 Å². The van der Waals surface area contributed by atoms with Crippen molar-refractivity contribution in [2.24, 2.45) is 0 Å². The van der Waals surface area contributed by atoms with E-state index in [4.69, 9.17) is 44.5 Å². The van der Waals surface area contributed by atoms with E-state index in [0.717, 1.165) is 22.2 Å². The normalized spacial score (nSPS) is 11.3. The molecule has 0 aliphatic heterocycles. The van der Waals surface area contributed by atoms with Gasteiger partial charge in [0.05, 0.1) is 11.0 Å². The highest BCUT2D eigenvalue weighted by Gasteiger charge is 2.09. The van der Waals surface area contributed by atoms with Gasteiger partial charge in [-0.25, -0.2) is 9.97 Å². The lowest BCUT2D eigenvalue weighted by Crippen LogP contribution is -2.01. The van der Waals surface area contributed by atoms with Crippen LogP contribution in [0.5, 0.6) is 5.88 Å². The molecule has 0 aliphatic rings. The molecular formula is C23H15Cl3N2O. The van der Waals surface area contributed by atoms with Crippen LogP contribution in [-0.2, 0) is 6.61 Å². The molecule has 0 bridgehead atoms. The Morgan fingerprint density at radius 1 is 0.759 bits per heavy atom. The van der Waals surface area contributed by atoms with Gasteiger partial charge in [0.25, 0.3) is 0 Å². The number of ether oxygens (including phenoxy) is 1. The zero-order valence-electron chi connectivity index (χ0n) is 15.1. The molecule has 0 unspecified atom stereocenters. The van der Waals surface area contributed by atoms with E-state index in [2.05, 4.69) is 4.98 Å². The fourth-order valence-corrected chi connectivity index (χ4v) is 3.35. The molecule has 1 heterocycles. The van der Waals surface area contributed by atoms with Crippen LogP contribution in [0.1, 0.15) is 16.8 Å². The Morgan fingerprint density at radius 2 is 1.45 bits per heavy atom. The summed E-state index contributed by atoms with van der Waals surface area (Å²) in [6.45, 7) is 0.354. The van der Waals surface area contributed by atoms with E-state index in [1.165, 1.54) is 0 Å². The number of hydrogen-bond donors (Lipinski definition) is 0. The lowest BCUT2D eigenvalue weighted by atomic mass is 10.2. The van der Waals surface area contributed by atoms with Crippen LogP contribution in [0.15, 0.2) is 66.7 Å². The highest BCUT2D eigenvalue weighted by atomic mass is 35.5. The third-order valence-electron chi connectivity index (χ3n) is 4.24. The topological polar surface area (TPSA) is 35.0 Å². The average molecular weight is 442 g/mol. The average Bonchev–Trinajstić information content (AvgIpc) is 2.72. The predicted molar refractivity (Wildman–Crippen MR) is 121 cm³/mol. The van der Waals surface area contributed by atoms with Crippen LogP contribution in [0.3, 0.4) is 0 Å². The van der Waals surface area contributed by atoms with Crippen molar-refractivity contribution in [2.75, 3.05) is 0 Å². The molecule has 0 radical (unpaired) electrons. The van der Waals surface area contributed by atoms with Crippen molar-refractivity contribution < 1.29 is 4.74 Å². The SMILES string of the molecule is Clc1ccc(COc2nc3ccccc3nc2/C=C\c2ccc(Cl)cc2Cl)cc1. The minimum atomic E-state index is 0.354. The Kier molecular flexibility index (Phi) is 6.00. The highest BCUT2D eigenvalue weighted by molar-refractivity contribution is 6.35. The number of rotatable bonds is 5. The van der Waals surface area contributed by atoms with Gasteiger partial charge in [0, 0.05) is 15.1 Å². The molecule has 0 atom stereocenters. The van der Waals surface area contributed by atoms with Crippen molar-refractivity contribution >= 4 is 58.0 Å². The lowest BCUT2D eigenvalue weighted by Gasteiger charge is -2.09. The maximum absolute atomic E-state index is 6.27. The van der Waals surface area contributed by atoms with Crippen LogP contribution in [0.25, 0.3) is 23.2 Å². The number of benzene rings is 3. The maximum atomic E-state index is 6.27. The molecule has 0 spiro atoms. The molecule has 0 aliphatic carbocycles. The first-order chi connectivity index (χ1) is 14.1. The van der Waals surface area contributed by atoms with E-state index in [-0.39, 0.29) is 0 Å². The second-order valence-electron chi connectivity index (χ2n) is 6.32. The Hall–Kier alpha value is -2.59. The van der Waals surface area contributed by atoms with Gasteiger partial charge in [0.2, 0.25) is 5.88 Å². The molecule has 0 saturated carbocycles. The summed E-state index contributed by atoms with van der Waals surface area (Å²) >= 11 is 18.2. The van der Waals surface area contributed by atoms with Crippen molar-refractivity contribution in [3.63, 3.8) is 0 Å². The Balaban J connectivity index is 1.67. The van der Waals surface area contributed by atoms with Crippen molar-refractivity contribution in [2.45, 2.75) is 6.61 Å². The summed E-state index contributed by atoms with van der Waals surface area (Å²) in [5.74, 6) is 0.444. The lowest BCUT2D eigenvalue weighted by molar-refractivity contribution is 0.293. The number of nitrogens with zero attached hydrogens (tertiary/aromatic N) is 2. The van der Waals surface area contributed by atoms with Crippen molar-refractivity contribution in [3.05, 3.63) is 98.6 Å². The molecule has 1 aromatic heterocycles. The molecule has 144 valence electrons. The van der Waals surface area contributed by atoms with Gasteiger partial charge in [-0.1, -0.05) is 71.2 Å². The van der Waals surface area contributed by atoms with Gasteiger partial charge < -0.3 is 4.74 Å². The third kappa shape index (κ3) is 4.88. The van der Waals surface area contributed by atoms with Crippen LogP contribution in [0, 0.1) is 0 Å². The van der Waals surface area contributed by atoms with E-state index in [1.807, 2.05) is 66.7 Å². The number of aromatic nitrogens is 2. The summed E-state index contributed by atoms with van der Waals surface area (Å²) in [5.41, 5.74) is 3.98. The van der Waals surface area contributed by atoms with Gasteiger partial charge in [-0.05, 0) is 53.6 Å². The standard InChI is InChI=1S/C23H15Cl3N2O/c24-17-9-5-15(6-10-17)14-29-23-22(27-20-3-1-2-4-21(20)28-23)12-8-16-7-11-18(25)13-19(16)26/h1-13H,14H2/b12-8-. The Labute approximate surface area is 183 Å². The monoisotopic (exact) mass is 440 g/mol. The summed E-state index contributed by atoms with van der Waals surface area (Å²) in [4.78, 5) is 9.34. The molecule has 0 N–H and O–H groups in total. The smallest absolute Gasteiger partial charge is 0.240 e. The van der Waals surface area contributed by atoms with E-state index < -0.39 is 0 Å². The third-order valence-corrected chi connectivity index (χ3v) is 5.05. The molecule has 6 heteroatoms. The van der Waals surface area contributed by atoms with E-state index in [9.17, 15) is 0 Å². The second kappa shape index (κ2) is 8.83. The molecule has 29 heavy (non-hydrogen) atoms. The molecular weight excluding hydrogens is 427 g/mol. The molecule has 3 nitrogen and oxygen atoms in total. The summed E-state index contributed by atoms with van der Waals surface area (Å²) in [7, 11) is 0. The number of halogens is 3. The van der Waals surface area contributed by atoms with Gasteiger partial charge in [0.1, 0.15) is 12.3 Å². The van der Waals surface area contributed by atoms with Crippen molar-refractivity contribution in [3.8, 4) is 5.88 Å². The Morgan fingerprint density at radius 3 is 2.17 bits per heavy atom. The van der Waals surface area contributed by atoms with Crippen molar-refractivity contribution in [1.29, 1.82) is 0 Å². The molecule has 0 saturated heterocycles. The summed E-state index contributed by atoms with van der Waals surface area (Å²) < 4.78 is 5.99. The molecule has 0 fully saturated rings. The minimum Gasteiger partial charge on any atom is -0.471 e. The largest absolute Gasteiger partial charge is 0.471 e.